The fraction of sp³-hybridized carbons (Fsp3) is 0.412. The second-order valence-corrected chi connectivity index (χ2v) is 6.65. The van der Waals surface area contributed by atoms with E-state index in [0.29, 0.717) is 49.4 Å². The normalized spacial score (nSPS) is 15.4. The van der Waals surface area contributed by atoms with Crippen molar-refractivity contribution in [1.82, 2.24) is 4.98 Å². The predicted octanol–water partition coefficient (Wildman–Crippen LogP) is 3.57. The first kappa shape index (κ1) is 17.6. The summed E-state index contributed by atoms with van der Waals surface area (Å²) in [5.41, 5.74) is 0.352. The molecule has 134 valence electrons. The predicted molar refractivity (Wildman–Crippen MR) is 90.7 cm³/mol. The minimum absolute atomic E-state index is 0.0291. The van der Waals surface area contributed by atoms with Crippen molar-refractivity contribution >= 4 is 22.4 Å². The third-order valence-corrected chi connectivity index (χ3v) is 5.08. The molecule has 1 fully saturated rings. The number of benzene rings is 1. The summed E-state index contributed by atoms with van der Waals surface area (Å²) < 4.78 is 32.0. The first-order chi connectivity index (χ1) is 12.0. The fourth-order valence-electron chi connectivity index (χ4n) is 2.86. The van der Waals surface area contributed by atoms with Crippen molar-refractivity contribution in [2.24, 2.45) is 5.92 Å². The fourth-order valence-corrected chi connectivity index (χ4v) is 3.74. The van der Waals surface area contributed by atoms with Crippen molar-refractivity contribution in [3.05, 3.63) is 29.1 Å². The van der Waals surface area contributed by atoms with Crippen LogP contribution < -0.4 is 4.90 Å². The molecule has 0 unspecified atom stereocenters. The standard InChI is InChI=1S/C17H18F2N2O3S/c1-2-24-16(23)10-3-5-21(6-4-10)17-20-14(9-25-17)12-7-11(18)8-13(19)15(12)22/h7-10,22H,2-6H2,1H3. The maximum absolute atomic E-state index is 13.5. The van der Waals surface area contributed by atoms with Crippen molar-refractivity contribution in [3.8, 4) is 17.0 Å². The van der Waals surface area contributed by atoms with E-state index in [0.717, 1.165) is 6.07 Å². The molecule has 2 heterocycles. The van der Waals surface area contributed by atoms with Crippen LogP contribution in [-0.4, -0.2) is 35.8 Å². The zero-order valence-electron chi connectivity index (χ0n) is 13.7. The molecule has 0 aliphatic carbocycles. The van der Waals surface area contributed by atoms with Gasteiger partial charge in [0.15, 0.2) is 16.7 Å². The number of carbonyl (C=O) groups is 1. The molecular formula is C17H18F2N2O3S. The van der Waals surface area contributed by atoms with E-state index in [4.69, 9.17) is 4.74 Å². The van der Waals surface area contributed by atoms with Crippen LogP contribution in [0.1, 0.15) is 19.8 Å². The lowest BCUT2D eigenvalue weighted by molar-refractivity contribution is -0.148. The van der Waals surface area contributed by atoms with Gasteiger partial charge in [0, 0.05) is 30.1 Å². The van der Waals surface area contributed by atoms with Gasteiger partial charge in [0.25, 0.3) is 0 Å². The minimum atomic E-state index is -1.01. The van der Waals surface area contributed by atoms with Gasteiger partial charge in [-0.1, -0.05) is 0 Å². The summed E-state index contributed by atoms with van der Waals surface area (Å²) in [5.74, 6) is -2.66. The van der Waals surface area contributed by atoms with Crippen molar-refractivity contribution in [1.29, 1.82) is 0 Å². The van der Waals surface area contributed by atoms with E-state index >= 15 is 0 Å². The number of carbonyl (C=O) groups excluding carboxylic acids is 1. The molecule has 1 aromatic carbocycles. The molecule has 8 heteroatoms. The van der Waals surface area contributed by atoms with Gasteiger partial charge in [0.2, 0.25) is 0 Å². The van der Waals surface area contributed by atoms with E-state index in [1.54, 1.807) is 12.3 Å². The van der Waals surface area contributed by atoms with Crippen molar-refractivity contribution in [3.63, 3.8) is 0 Å². The van der Waals surface area contributed by atoms with Gasteiger partial charge in [-0.2, -0.15) is 0 Å². The number of thiazole rings is 1. The Morgan fingerprint density at radius 2 is 2.12 bits per heavy atom. The van der Waals surface area contributed by atoms with Crippen LogP contribution in [0, 0.1) is 17.6 Å². The number of anilines is 1. The Labute approximate surface area is 147 Å². The number of aromatic nitrogens is 1. The van der Waals surface area contributed by atoms with Crippen LogP contribution in [0.5, 0.6) is 5.75 Å². The van der Waals surface area contributed by atoms with Crippen LogP contribution in [-0.2, 0) is 9.53 Å². The van der Waals surface area contributed by atoms with Crippen LogP contribution in [0.3, 0.4) is 0 Å². The summed E-state index contributed by atoms with van der Waals surface area (Å²) in [6, 6.07) is 1.69. The molecular weight excluding hydrogens is 350 g/mol. The number of esters is 1. The number of piperidine rings is 1. The molecule has 1 aliphatic heterocycles. The Morgan fingerprint density at radius 3 is 2.80 bits per heavy atom. The summed E-state index contributed by atoms with van der Waals surface area (Å²) in [7, 11) is 0. The maximum atomic E-state index is 13.5. The van der Waals surface area contributed by atoms with Crippen LogP contribution in [0.25, 0.3) is 11.3 Å². The van der Waals surface area contributed by atoms with Gasteiger partial charge >= 0.3 is 5.97 Å². The summed E-state index contributed by atoms with van der Waals surface area (Å²) in [6.07, 6.45) is 1.35. The van der Waals surface area contributed by atoms with Crippen molar-refractivity contribution < 1.29 is 23.4 Å². The Morgan fingerprint density at radius 1 is 1.40 bits per heavy atom. The quantitative estimate of drug-likeness (QED) is 0.836. The summed E-state index contributed by atoms with van der Waals surface area (Å²) >= 11 is 1.33. The maximum Gasteiger partial charge on any atom is 0.309 e. The number of hydrogen-bond acceptors (Lipinski definition) is 6. The molecule has 2 aromatic rings. The number of aromatic hydroxyl groups is 1. The number of rotatable bonds is 4. The number of ether oxygens (including phenoxy) is 1. The Balaban J connectivity index is 1.72. The van der Waals surface area contributed by atoms with E-state index in [1.807, 2.05) is 4.90 Å². The molecule has 0 saturated carbocycles. The molecule has 0 spiro atoms. The molecule has 5 nitrogen and oxygen atoms in total. The van der Waals surface area contributed by atoms with Gasteiger partial charge in [-0.05, 0) is 25.8 Å². The highest BCUT2D eigenvalue weighted by molar-refractivity contribution is 7.14. The van der Waals surface area contributed by atoms with Gasteiger partial charge in [0.1, 0.15) is 5.82 Å². The van der Waals surface area contributed by atoms with Gasteiger partial charge in [-0.25, -0.2) is 13.8 Å². The lowest BCUT2D eigenvalue weighted by Crippen LogP contribution is -2.36. The van der Waals surface area contributed by atoms with E-state index < -0.39 is 17.4 Å². The van der Waals surface area contributed by atoms with Crippen LogP contribution in [0.15, 0.2) is 17.5 Å². The molecule has 0 bridgehead atoms. The molecule has 1 aliphatic rings. The molecule has 3 rings (SSSR count). The summed E-state index contributed by atoms with van der Waals surface area (Å²) in [6.45, 7) is 3.47. The van der Waals surface area contributed by atoms with Crippen molar-refractivity contribution in [2.75, 3.05) is 24.6 Å². The number of hydrogen-bond donors (Lipinski definition) is 1. The SMILES string of the molecule is CCOC(=O)C1CCN(c2nc(-c3cc(F)cc(F)c3O)cs2)CC1. The highest BCUT2D eigenvalue weighted by Crippen LogP contribution is 2.36. The average Bonchev–Trinajstić information content (AvgIpc) is 3.08. The van der Waals surface area contributed by atoms with Gasteiger partial charge < -0.3 is 14.7 Å². The topological polar surface area (TPSA) is 62.7 Å². The molecule has 0 amide bonds. The van der Waals surface area contributed by atoms with Crippen LogP contribution >= 0.6 is 11.3 Å². The third-order valence-electron chi connectivity index (χ3n) is 4.18. The molecule has 25 heavy (non-hydrogen) atoms. The Kier molecular flexibility index (Phi) is 5.17. The van der Waals surface area contributed by atoms with E-state index in [-0.39, 0.29) is 17.5 Å². The van der Waals surface area contributed by atoms with E-state index in [2.05, 4.69) is 4.98 Å². The van der Waals surface area contributed by atoms with Crippen LogP contribution in [0.2, 0.25) is 0 Å². The Hall–Kier alpha value is -2.22. The van der Waals surface area contributed by atoms with E-state index in [1.165, 1.54) is 11.3 Å². The monoisotopic (exact) mass is 368 g/mol. The molecule has 1 aromatic heterocycles. The third kappa shape index (κ3) is 3.73. The second kappa shape index (κ2) is 7.35. The largest absolute Gasteiger partial charge is 0.504 e. The molecule has 1 N–H and O–H groups in total. The van der Waals surface area contributed by atoms with Crippen LogP contribution in [0.4, 0.5) is 13.9 Å². The lowest BCUT2D eigenvalue weighted by atomic mass is 9.97. The highest BCUT2D eigenvalue weighted by Gasteiger charge is 2.27. The highest BCUT2D eigenvalue weighted by atomic mass is 32.1. The summed E-state index contributed by atoms with van der Waals surface area (Å²) in [5, 5.41) is 12.1. The van der Waals surface area contributed by atoms with Gasteiger partial charge in [-0.15, -0.1) is 11.3 Å². The zero-order valence-corrected chi connectivity index (χ0v) is 14.5. The number of halogens is 2. The van der Waals surface area contributed by atoms with Gasteiger partial charge in [-0.3, -0.25) is 4.79 Å². The number of nitrogens with zero attached hydrogens (tertiary/aromatic N) is 2. The summed E-state index contributed by atoms with van der Waals surface area (Å²) in [4.78, 5) is 18.2. The molecule has 1 saturated heterocycles. The smallest absolute Gasteiger partial charge is 0.309 e. The molecule has 0 radical (unpaired) electrons. The van der Waals surface area contributed by atoms with E-state index in [9.17, 15) is 18.7 Å². The molecule has 0 atom stereocenters. The Bertz CT molecular complexity index is 773. The minimum Gasteiger partial charge on any atom is -0.504 e. The number of phenolic OH excluding ortho intramolecular Hbond substituents is 1. The first-order valence-electron chi connectivity index (χ1n) is 8.05. The lowest BCUT2D eigenvalue weighted by Gasteiger charge is -2.30. The number of phenols is 1. The average molecular weight is 368 g/mol. The zero-order chi connectivity index (χ0) is 18.0. The van der Waals surface area contributed by atoms with Gasteiger partial charge in [0.05, 0.1) is 18.2 Å². The second-order valence-electron chi connectivity index (χ2n) is 5.81. The first-order valence-corrected chi connectivity index (χ1v) is 8.93. The van der Waals surface area contributed by atoms with Crippen molar-refractivity contribution in [2.45, 2.75) is 19.8 Å².